The summed E-state index contributed by atoms with van der Waals surface area (Å²) >= 11 is 6.36. The summed E-state index contributed by atoms with van der Waals surface area (Å²) in [7, 11) is 0. The van der Waals surface area contributed by atoms with Crippen LogP contribution < -0.4 is 4.90 Å². The number of piperidine rings is 1. The van der Waals surface area contributed by atoms with Crippen LogP contribution in [0.15, 0.2) is 18.2 Å². The topological polar surface area (TPSA) is 23.5 Å². The number of aliphatic hydroxyl groups is 1. The van der Waals surface area contributed by atoms with E-state index in [9.17, 15) is 5.11 Å². The van der Waals surface area contributed by atoms with Crippen molar-refractivity contribution < 1.29 is 5.11 Å². The molecular formula is C15H22ClNO. The molecule has 18 heavy (non-hydrogen) atoms. The van der Waals surface area contributed by atoms with E-state index in [1.807, 2.05) is 18.2 Å². The molecule has 1 aliphatic rings. The zero-order valence-electron chi connectivity index (χ0n) is 11.4. The van der Waals surface area contributed by atoms with Gasteiger partial charge in [-0.1, -0.05) is 24.6 Å². The molecule has 0 amide bonds. The van der Waals surface area contributed by atoms with Crippen molar-refractivity contribution in [3.63, 3.8) is 0 Å². The monoisotopic (exact) mass is 267 g/mol. The summed E-state index contributed by atoms with van der Waals surface area (Å²) in [5, 5.41) is 10.3. The van der Waals surface area contributed by atoms with Gasteiger partial charge in [-0.2, -0.15) is 0 Å². The van der Waals surface area contributed by atoms with Gasteiger partial charge >= 0.3 is 0 Å². The zero-order chi connectivity index (χ0) is 13.3. The van der Waals surface area contributed by atoms with Crippen molar-refractivity contribution in [1.29, 1.82) is 0 Å². The third-order valence-corrected chi connectivity index (χ3v) is 4.20. The van der Waals surface area contributed by atoms with Crippen molar-refractivity contribution in [1.82, 2.24) is 0 Å². The van der Waals surface area contributed by atoms with Crippen LogP contribution in [0.4, 0.5) is 5.69 Å². The predicted molar refractivity (Wildman–Crippen MR) is 77.3 cm³/mol. The molecule has 100 valence electrons. The second-order valence-electron chi connectivity index (χ2n) is 5.56. The minimum Gasteiger partial charge on any atom is -0.389 e. The van der Waals surface area contributed by atoms with Crippen LogP contribution in [0.25, 0.3) is 0 Å². The molecule has 0 spiro atoms. The van der Waals surface area contributed by atoms with Gasteiger partial charge in [-0.05, 0) is 50.3 Å². The maximum atomic E-state index is 9.56. The molecule has 1 aliphatic heterocycles. The summed E-state index contributed by atoms with van der Waals surface area (Å²) < 4.78 is 0. The van der Waals surface area contributed by atoms with Crippen molar-refractivity contribution in [2.24, 2.45) is 5.92 Å². The highest BCUT2D eigenvalue weighted by Gasteiger charge is 2.24. The first kappa shape index (κ1) is 13.7. The average Bonchev–Trinajstić information content (AvgIpc) is 2.30. The third kappa shape index (κ3) is 2.81. The van der Waals surface area contributed by atoms with Crippen LogP contribution in [0.3, 0.4) is 0 Å². The predicted octanol–water partition coefficient (Wildman–Crippen LogP) is 4.02. The SMILES string of the molecule is CC1CCN(c2ccc([C@H](C)O)cc2Cl)C(C)C1. The van der Waals surface area contributed by atoms with Gasteiger partial charge in [0.15, 0.2) is 0 Å². The lowest BCUT2D eigenvalue weighted by Crippen LogP contribution is -2.40. The molecule has 1 fully saturated rings. The molecule has 0 aromatic heterocycles. The normalized spacial score (nSPS) is 26.2. The Morgan fingerprint density at radius 1 is 1.39 bits per heavy atom. The van der Waals surface area contributed by atoms with Gasteiger partial charge in [0.05, 0.1) is 16.8 Å². The van der Waals surface area contributed by atoms with E-state index >= 15 is 0 Å². The van der Waals surface area contributed by atoms with Gasteiger partial charge in [-0.3, -0.25) is 0 Å². The fourth-order valence-corrected chi connectivity index (χ4v) is 3.08. The number of nitrogens with zero attached hydrogens (tertiary/aromatic N) is 1. The molecule has 1 heterocycles. The van der Waals surface area contributed by atoms with E-state index in [2.05, 4.69) is 18.7 Å². The van der Waals surface area contributed by atoms with Gasteiger partial charge in [0, 0.05) is 12.6 Å². The van der Waals surface area contributed by atoms with Gasteiger partial charge in [-0.25, -0.2) is 0 Å². The minimum absolute atomic E-state index is 0.463. The van der Waals surface area contributed by atoms with Gasteiger partial charge in [0.1, 0.15) is 0 Å². The second-order valence-corrected chi connectivity index (χ2v) is 5.97. The van der Waals surface area contributed by atoms with Gasteiger partial charge in [-0.15, -0.1) is 0 Å². The molecule has 1 aromatic carbocycles. The first-order valence-electron chi connectivity index (χ1n) is 6.73. The van der Waals surface area contributed by atoms with Crippen molar-refractivity contribution in [2.45, 2.75) is 45.8 Å². The molecule has 2 rings (SSSR count). The number of rotatable bonds is 2. The standard InChI is InChI=1S/C15H22ClNO/c1-10-6-7-17(11(2)8-10)15-5-4-13(12(3)18)9-14(15)16/h4-5,9-12,18H,6-8H2,1-3H3/t10?,11?,12-/m0/s1. The average molecular weight is 268 g/mol. The van der Waals surface area contributed by atoms with Crippen LogP contribution in [0, 0.1) is 5.92 Å². The highest BCUT2D eigenvalue weighted by molar-refractivity contribution is 6.33. The molecule has 1 saturated heterocycles. The lowest BCUT2D eigenvalue weighted by Gasteiger charge is -2.38. The Kier molecular flexibility index (Phi) is 4.18. The van der Waals surface area contributed by atoms with E-state index < -0.39 is 6.10 Å². The number of aliphatic hydroxyl groups excluding tert-OH is 1. The highest BCUT2D eigenvalue weighted by Crippen LogP contribution is 2.34. The summed E-state index contributed by atoms with van der Waals surface area (Å²) in [6.07, 6.45) is 1.98. The molecule has 0 aliphatic carbocycles. The summed E-state index contributed by atoms with van der Waals surface area (Å²) in [5.74, 6) is 0.798. The molecule has 2 unspecified atom stereocenters. The van der Waals surface area contributed by atoms with E-state index in [0.717, 1.165) is 28.7 Å². The largest absolute Gasteiger partial charge is 0.389 e. The number of hydrogen-bond acceptors (Lipinski definition) is 2. The lowest BCUT2D eigenvalue weighted by atomic mass is 9.93. The highest BCUT2D eigenvalue weighted by atomic mass is 35.5. The molecule has 0 bridgehead atoms. The summed E-state index contributed by atoms with van der Waals surface area (Å²) in [4.78, 5) is 2.38. The van der Waals surface area contributed by atoms with Crippen LogP contribution >= 0.6 is 11.6 Å². The molecule has 3 atom stereocenters. The number of halogens is 1. The van der Waals surface area contributed by atoms with E-state index in [-0.39, 0.29) is 0 Å². The van der Waals surface area contributed by atoms with E-state index in [1.54, 1.807) is 6.92 Å². The zero-order valence-corrected chi connectivity index (χ0v) is 12.1. The van der Waals surface area contributed by atoms with Gasteiger partial charge < -0.3 is 10.0 Å². The second kappa shape index (κ2) is 5.50. The fourth-order valence-electron chi connectivity index (χ4n) is 2.78. The smallest absolute Gasteiger partial charge is 0.0762 e. The molecular weight excluding hydrogens is 246 g/mol. The van der Waals surface area contributed by atoms with Crippen molar-refractivity contribution in [3.05, 3.63) is 28.8 Å². The maximum absolute atomic E-state index is 9.56. The van der Waals surface area contributed by atoms with Crippen LogP contribution in [0.1, 0.15) is 45.3 Å². The number of hydrogen-bond donors (Lipinski definition) is 1. The fraction of sp³-hybridized carbons (Fsp3) is 0.600. The Balaban J connectivity index is 2.23. The minimum atomic E-state index is -0.463. The third-order valence-electron chi connectivity index (χ3n) is 3.90. The van der Waals surface area contributed by atoms with Gasteiger partial charge in [0.2, 0.25) is 0 Å². The molecule has 1 aromatic rings. The van der Waals surface area contributed by atoms with Crippen LogP contribution in [-0.2, 0) is 0 Å². The van der Waals surface area contributed by atoms with Crippen molar-refractivity contribution in [2.75, 3.05) is 11.4 Å². The molecule has 1 N–H and O–H groups in total. The van der Waals surface area contributed by atoms with Crippen LogP contribution in [-0.4, -0.2) is 17.7 Å². The summed E-state index contributed by atoms with van der Waals surface area (Å²) in [6, 6.07) is 6.42. The Labute approximate surface area is 115 Å². The van der Waals surface area contributed by atoms with E-state index in [0.29, 0.717) is 6.04 Å². The van der Waals surface area contributed by atoms with Crippen molar-refractivity contribution >= 4 is 17.3 Å². The van der Waals surface area contributed by atoms with Crippen LogP contribution in [0.2, 0.25) is 5.02 Å². The molecule has 0 radical (unpaired) electrons. The van der Waals surface area contributed by atoms with E-state index in [1.165, 1.54) is 12.8 Å². The Morgan fingerprint density at radius 3 is 2.67 bits per heavy atom. The summed E-state index contributed by atoms with van der Waals surface area (Å²) in [5.41, 5.74) is 1.97. The quantitative estimate of drug-likeness (QED) is 0.875. The van der Waals surface area contributed by atoms with Crippen molar-refractivity contribution in [3.8, 4) is 0 Å². The maximum Gasteiger partial charge on any atom is 0.0762 e. The number of benzene rings is 1. The Morgan fingerprint density at radius 2 is 2.11 bits per heavy atom. The molecule has 0 saturated carbocycles. The van der Waals surface area contributed by atoms with Crippen LogP contribution in [0.5, 0.6) is 0 Å². The Bertz CT molecular complexity index is 419. The summed E-state index contributed by atoms with van der Waals surface area (Å²) in [6.45, 7) is 7.40. The molecule has 3 heteroatoms. The number of anilines is 1. The lowest BCUT2D eigenvalue weighted by molar-refractivity contribution is 0.199. The Hall–Kier alpha value is -0.730. The van der Waals surface area contributed by atoms with Gasteiger partial charge in [0.25, 0.3) is 0 Å². The first-order chi connectivity index (χ1) is 8.49. The molecule has 2 nitrogen and oxygen atoms in total. The van der Waals surface area contributed by atoms with E-state index in [4.69, 9.17) is 11.6 Å². The first-order valence-corrected chi connectivity index (χ1v) is 7.11.